The zero-order valence-electron chi connectivity index (χ0n) is 17.4. The Morgan fingerprint density at radius 1 is 1.24 bits per heavy atom. The summed E-state index contributed by atoms with van der Waals surface area (Å²) in [5.41, 5.74) is 0.196. The molecule has 2 aromatic rings. The van der Waals surface area contributed by atoms with E-state index < -0.39 is 29.3 Å². The van der Waals surface area contributed by atoms with Crippen molar-refractivity contribution in [3.63, 3.8) is 0 Å². The molecule has 0 aliphatic carbocycles. The van der Waals surface area contributed by atoms with Gasteiger partial charge in [0.15, 0.2) is 0 Å². The minimum atomic E-state index is -4.46. The quantitative estimate of drug-likeness (QED) is 0.697. The second kappa shape index (κ2) is 8.67. The number of alkyl halides is 3. The molecule has 2 aromatic heterocycles. The molecule has 0 bridgehead atoms. The van der Waals surface area contributed by atoms with Gasteiger partial charge < -0.3 is 9.88 Å². The maximum atomic E-state index is 12.9. The van der Waals surface area contributed by atoms with Gasteiger partial charge in [0.05, 0.1) is 16.4 Å². The second-order valence-electron chi connectivity index (χ2n) is 8.30. The molecule has 1 N–H and O–H groups in total. The first-order valence-corrected chi connectivity index (χ1v) is 11.0. The SMILES string of the molecule is Cc1sc2nc(CSC(C)C(=O)N(CC(C)(C)C)CC(F)(F)F)[nH]c(=O)c2c1C. The van der Waals surface area contributed by atoms with Crippen LogP contribution in [0.1, 0.15) is 44.0 Å². The molecule has 0 fully saturated rings. The predicted molar refractivity (Wildman–Crippen MR) is 113 cm³/mol. The molecule has 29 heavy (non-hydrogen) atoms. The van der Waals surface area contributed by atoms with Gasteiger partial charge in [-0.2, -0.15) is 13.2 Å². The van der Waals surface area contributed by atoms with Gasteiger partial charge in [-0.3, -0.25) is 9.59 Å². The van der Waals surface area contributed by atoms with Gasteiger partial charge in [-0.25, -0.2) is 4.98 Å². The first-order valence-electron chi connectivity index (χ1n) is 9.14. The van der Waals surface area contributed by atoms with Crippen LogP contribution in [-0.2, 0) is 10.5 Å². The van der Waals surface area contributed by atoms with Gasteiger partial charge >= 0.3 is 6.18 Å². The Balaban J connectivity index is 2.13. The van der Waals surface area contributed by atoms with Crippen LogP contribution < -0.4 is 5.56 Å². The molecule has 0 radical (unpaired) electrons. The van der Waals surface area contributed by atoms with E-state index >= 15 is 0 Å². The Kier molecular flexibility index (Phi) is 7.09. The van der Waals surface area contributed by atoms with E-state index in [0.29, 0.717) is 16.0 Å². The van der Waals surface area contributed by atoms with Crippen molar-refractivity contribution >= 4 is 39.2 Å². The van der Waals surface area contributed by atoms with Crippen LogP contribution in [0.3, 0.4) is 0 Å². The van der Waals surface area contributed by atoms with Crippen LogP contribution in [-0.4, -0.2) is 45.3 Å². The average Bonchev–Trinajstić information content (AvgIpc) is 2.83. The number of carbonyl (C=O) groups is 1. The number of amides is 1. The van der Waals surface area contributed by atoms with Crippen molar-refractivity contribution in [2.75, 3.05) is 13.1 Å². The summed E-state index contributed by atoms with van der Waals surface area (Å²) in [7, 11) is 0. The Bertz CT molecular complexity index is 929. The lowest BCUT2D eigenvalue weighted by molar-refractivity contribution is -0.162. The number of halogens is 3. The van der Waals surface area contributed by atoms with Gasteiger partial charge in [-0.15, -0.1) is 23.1 Å². The van der Waals surface area contributed by atoms with Crippen LogP contribution >= 0.6 is 23.1 Å². The van der Waals surface area contributed by atoms with Crippen LogP contribution in [0.2, 0.25) is 0 Å². The Hall–Kier alpha value is -1.55. The first kappa shape index (κ1) is 23.7. The molecule has 1 unspecified atom stereocenters. The molecule has 162 valence electrons. The molecule has 0 spiro atoms. The van der Waals surface area contributed by atoms with Crippen molar-refractivity contribution in [3.05, 3.63) is 26.6 Å². The summed E-state index contributed by atoms with van der Waals surface area (Å²) in [6.07, 6.45) is -4.46. The molecule has 0 saturated carbocycles. The third-order valence-electron chi connectivity index (χ3n) is 4.25. The molecule has 5 nitrogen and oxygen atoms in total. The third kappa shape index (κ3) is 6.47. The van der Waals surface area contributed by atoms with Crippen LogP contribution in [0.4, 0.5) is 13.2 Å². The van der Waals surface area contributed by atoms with Gasteiger partial charge in [-0.1, -0.05) is 20.8 Å². The van der Waals surface area contributed by atoms with Crippen molar-refractivity contribution < 1.29 is 18.0 Å². The fourth-order valence-corrected chi connectivity index (χ4v) is 4.79. The molecule has 10 heteroatoms. The number of hydrogen-bond donors (Lipinski definition) is 1. The number of fused-ring (bicyclic) bond motifs is 1. The lowest BCUT2D eigenvalue weighted by Crippen LogP contribution is -2.46. The number of aromatic amines is 1. The molecular weight excluding hydrogens is 423 g/mol. The Morgan fingerprint density at radius 3 is 2.41 bits per heavy atom. The van der Waals surface area contributed by atoms with E-state index in [4.69, 9.17) is 0 Å². The highest BCUT2D eigenvalue weighted by molar-refractivity contribution is 7.99. The molecule has 0 aromatic carbocycles. The predicted octanol–water partition coefficient (Wildman–Crippen LogP) is 4.66. The molecule has 1 atom stereocenters. The summed E-state index contributed by atoms with van der Waals surface area (Å²) >= 11 is 2.58. The van der Waals surface area contributed by atoms with Crippen molar-refractivity contribution in [2.24, 2.45) is 5.41 Å². The number of nitrogens with one attached hydrogen (secondary N) is 1. The van der Waals surface area contributed by atoms with E-state index in [1.807, 2.05) is 13.8 Å². The lowest BCUT2D eigenvalue weighted by Gasteiger charge is -2.32. The lowest BCUT2D eigenvalue weighted by atomic mass is 9.96. The zero-order valence-corrected chi connectivity index (χ0v) is 19.0. The highest BCUT2D eigenvalue weighted by Crippen LogP contribution is 2.28. The Labute approximate surface area is 176 Å². The number of aryl methyl sites for hydroxylation is 2. The molecule has 2 heterocycles. The number of thiophene rings is 1. The van der Waals surface area contributed by atoms with Gasteiger partial charge in [0.1, 0.15) is 17.2 Å². The summed E-state index contributed by atoms with van der Waals surface area (Å²) in [5, 5.41) is -0.139. The summed E-state index contributed by atoms with van der Waals surface area (Å²) in [6, 6.07) is 0. The van der Waals surface area contributed by atoms with E-state index in [9.17, 15) is 22.8 Å². The topological polar surface area (TPSA) is 66.1 Å². The number of nitrogens with zero attached hydrogens (tertiary/aromatic N) is 2. The molecule has 0 saturated heterocycles. The fourth-order valence-electron chi connectivity index (χ4n) is 2.90. The third-order valence-corrected chi connectivity index (χ3v) is 6.50. The van der Waals surface area contributed by atoms with Crippen molar-refractivity contribution in [1.82, 2.24) is 14.9 Å². The number of aromatic nitrogens is 2. The minimum Gasteiger partial charge on any atom is -0.332 e. The van der Waals surface area contributed by atoms with E-state index in [1.165, 1.54) is 11.3 Å². The molecule has 0 aliphatic heterocycles. The standard InChI is InChI=1S/C19H26F3N3O2S2/c1-10-11(2)29-16-14(10)15(26)23-13(24-16)7-28-12(3)17(27)25(8-18(4,5)6)9-19(20,21)22/h12H,7-9H2,1-6H3,(H,23,24,26). The maximum absolute atomic E-state index is 12.9. The van der Waals surface area contributed by atoms with Crippen molar-refractivity contribution in [3.8, 4) is 0 Å². The monoisotopic (exact) mass is 449 g/mol. The van der Waals surface area contributed by atoms with E-state index in [0.717, 1.165) is 27.1 Å². The molecule has 2 rings (SSSR count). The Morgan fingerprint density at radius 2 is 1.86 bits per heavy atom. The molecule has 0 aliphatic rings. The zero-order chi connectivity index (χ0) is 22.1. The van der Waals surface area contributed by atoms with Crippen molar-refractivity contribution in [2.45, 2.75) is 58.7 Å². The van der Waals surface area contributed by atoms with Gasteiger partial charge in [-0.05, 0) is 31.7 Å². The smallest absolute Gasteiger partial charge is 0.332 e. The highest BCUT2D eigenvalue weighted by atomic mass is 32.2. The van der Waals surface area contributed by atoms with Crippen LogP contribution in [0.15, 0.2) is 4.79 Å². The van der Waals surface area contributed by atoms with Crippen LogP contribution in [0.25, 0.3) is 10.2 Å². The first-order chi connectivity index (χ1) is 13.2. The number of hydrogen-bond acceptors (Lipinski definition) is 5. The van der Waals surface area contributed by atoms with E-state index in [2.05, 4.69) is 9.97 Å². The largest absolute Gasteiger partial charge is 0.406 e. The normalized spacial score (nSPS) is 13.7. The van der Waals surface area contributed by atoms with Gasteiger partial charge in [0.25, 0.3) is 5.56 Å². The van der Waals surface area contributed by atoms with E-state index in [1.54, 1.807) is 27.7 Å². The summed E-state index contributed by atoms with van der Waals surface area (Å²) in [6.45, 7) is 9.46. The molecular formula is C19H26F3N3O2S2. The van der Waals surface area contributed by atoms with Gasteiger partial charge in [0, 0.05) is 11.4 Å². The van der Waals surface area contributed by atoms with Gasteiger partial charge in [0.2, 0.25) is 5.91 Å². The van der Waals surface area contributed by atoms with Crippen molar-refractivity contribution in [1.29, 1.82) is 0 Å². The number of H-pyrrole nitrogens is 1. The number of thioether (sulfide) groups is 1. The number of carbonyl (C=O) groups excluding carboxylic acids is 1. The fraction of sp³-hybridized carbons (Fsp3) is 0.632. The number of rotatable bonds is 6. The summed E-state index contributed by atoms with van der Waals surface area (Å²) < 4.78 is 38.8. The second-order valence-corrected chi connectivity index (χ2v) is 10.8. The van der Waals surface area contributed by atoms with Crippen LogP contribution in [0, 0.1) is 19.3 Å². The maximum Gasteiger partial charge on any atom is 0.406 e. The van der Waals surface area contributed by atoms with E-state index in [-0.39, 0.29) is 17.9 Å². The summed E-state index contributed by atoms with van der Waals surface area (Å²) in [4.78, 5) is 34.7. The average molecular weight is 450 g/mol. The molecule has 1 amide bonds. The summed E-state index contributed by atoms with van der Waals surface area (Å²) in [5.74, 6) is 0.0591. The highest BCUT2D eigenvalue weighted by Gasteiger charge is 2.36. The van der Waals surface area contributed by atoms with Crippen LogP contribution in [0.5, 0.6) is 0 Å². The minimum absolute atomic E-state index is 0.00499.